The van der Waals surface area contributed by atoms with Crippen LogP contribution in [0.4, 0.5) is 5.69 Å². The number of aromatic nitrogens is 2. The fraction of sp³-hybridized carbons (Fsp3) is 0.211. The van der Waals surface area contributed by atoms with Gasteiger partial charge in [0.15, 0.2) is 0 Å². The smallest absolute Gasteiger partial charge is 0.141 e. The number of nitrogens with zero attached hydrogens (tertiary/aromatic N) is 2. The van der Waals surface area contributed by atoms with Crippen LogP contribution in [0.2, 0.25) is 0 Å². The zero-order chi connectivity index (χ0) is 15.9. The number of imidazole rings is 1. The Bertz CT molecular complexity index is 872. The van der Waals surface area contributed by atoms with Gasteiger partial charge in [-0.05, 0) is 50.1 Å². The van der Waals surface area contributed by atoms with Crippen molar-refractivity contribution in [2.75, 3.05) is 5.73 Å². The van der Waals surface area contributed by atoms with E-state index in [4.69, 9.17) is 10.7 Å². The summed E-state index contributed by atoms with van der Waals surface area (Å²) in [5.41, 5.74) is 13.5. The third-order valence-corrected chi connectivity index (χ3v) is 4.00. The quantitative estimate of drug-likeness (QED) is 0.571. The van der Waals surface area contributed by atoms with Gasteiger partial charge < -0.3 is 10.3 Å². The summed E-state index contributed by atoms with van der Waals surface area (Å²) in [4.78, 5) is 4.80. The molecular formula is C19H21N3. The van der Waals surface area contributed by atoms with Crippen LogP contribution >= 0.6 is 0 Å². The molecule has 1 aromatic heterocycles. The number of aryl methyl sites for hydroxylation is 2. The zero-order valence-corrected chi connectivity index (χ0v) is 13.4. The summed E-state index contributed by atoms with van der Waals surface area (Å²) in [6, 6.07) is 12.4. The van der Waals surface area contributed by atoms with Crippen molar-refractivity contribution in [3.8, 4) is 11.4 Å². The molecule has 3 nitrogen and oxygen atoms in total. The van der Waals surface area contributed by atoms with Crippen LogP contribution in [0.15, 0.2) is 48.6 Å². The SMILES string of the molecule is C=C(C)Cn1c(-c2ccc(C)c(C)c2)nc2c(N)cccc21. The maximum absolute atomic E-state index is 6.10. The minimum atomic E-state index is 0.711. The lowest BCUT2D eigenvalue weighted by atomic mass is 10.1. The van der Waals surface area contributed by atoms with Crippen molar-refractivity contribution >= 4 is 16.7 Å². The second kappa shape index (κ2) is 5.34. The Balaban J connectivity index is 2.29. The topological polar surface area (TPSA) is 43.8 Å². The Hall–Kier alpha value is -2.55. The monoisotopic (exact) mass is 291 g/mol. The number of fused-ring (bicyclic) bond motifs is 1. The number of nitrogen functional groups attached to an aromatic ring is 1. The van der Waals surface area contributed by atoms with Gasteiger partial charge in [-0.3, -0.25) is 0 Å². The Morgan fingerprint density at radius 1 is 1.18 bits per heavy atom. The van der Waals surface area contributed by atoms with Gasteiger partial charge in [-0.2, -0.15) is 0 Å². The van der Waals surface area contributed by atoms with Crippen molar-refractivity contribution in [1.29, 1.82) is 0 Å². The van der Waals surface area contributed by atoms with Gasteiger partial charge in [0.1, 0.15) is 11.3 Å². The van der Waals surface area contributed by atoms with Gasteiger partial charge >= 0.3 is 0 Å². The Labute approximate surface area is 131 Å². The molecule has 0 saturated carbocycles. The van der Waals surface area contributed by atoms with Crippen molar-refractivity contribution in [3.63, 3.8) is 0 Å². The van der Waals surface area contributed by atoms with E-state index in [-0.39, 0.29) is 0 Å². The molecule has 2 aromatic carbocycles. The predicted molar refractivity (Wildman–Crippen MR) is 93.9 cm³/mol. The third-order valence-electron chi connectivity index (χ3n) is 4.00. The maximum atomic E-state index is 6.10. The highest BCUT2D eigenvalue weighted by atomic mass is 15.1. The predicted octanol–water partition coefficient (Wildman–Crippen LogP) is 4.48. The number of rotatable bonds is 3. The number of allylic oxidation sites excluding steroid dienone is 1. The molecule has 3 heteroatoms. The number of nitrogens with two attached hydrogens (primary N) is 1. The van der Waals surface area contributed by atoms with Crippen LogP contribution in [0.5, 0.6) is 0 Å². The zero-order valence-electron chi connectivity index (χ0n) is 13.4. The van der Waals surface area contributed by atoms with Crippen molar-refractivity contribution < 1.29 is 0 Å². The number of benzene rings is 2. The second-order valence-corrected chi connectivity index (χ2v) is 5.99. The lowest BCUT2D eigenvalue weighted by Gasteiger charge is -2.10. The first-order chi connectivity index (χ1) is 10.5. The van der Waals surface area contributed by atoms with Gasteiger partial charge in [-0.1, -0.05) is 30.4 Å². The van der Waals surface area contributed by atoms with Crippen molar-refractivity contribution in [2.24, 2.45) is 0 Å². The maximum Gasteiger partial charge on any atom is 0.141 e. The van der Waals surface area contributed by atoms with Gasteiger partial charge in [0, 0.05) is 12.1 Å². The average molecular weight is 291 g/mol. The molecule has 1 heterocycles. The fourth-order valence-electron chi connectivity index (χ4n) is 2.70. The Morgan fingerprint density at radius 3 is 2.64 bits per heavy atom. The van der Waals surface area contributed by atoms with E-state index in [1.165, 1.54) is 11.1 Å². The molecule has 0 aliphatic heterocycles. The highest BCUT2D eigenvalue weighted by Crippen LogP contribution is 2.29. The lowest BCUT2D eigenvalue weighted by molar-refractivity contribution is 0.820. The summed E-state index contributed by atoms with van der Waals surface area (Å²) < 4.78 is 2.19. The van der Waals surface area contributed by atoms with Gasteiger partial charge in [0.25, 0.3) is 0 Å². The third kappa shape index (κ3) is 2.39. The first kappa shape index (κ1) is 14.4. The van der Waals surface area contributed by atoms with Crippen LogP contribution in [-0.4, -0.2) is 9.55 Å². The van der Waals surface area contributed by atoms with E-state index in [1.54, 1.807) is 0 Å². The summed E-state index contributed by atoms with van der Waals surface area (Å²) in [5.74, 6) is 0.944. The molecule has 0 fully saturated rings. The Kier molecular flexibility index (Phi) is 3.49. The summed E-state index contributed by atoms with van der Waals surface area (Å²) in [5, 5.41) is 0. The molecule has 0 amide bonds. The van der Waals surface area contributed by atoms with Crippen LogP contribution in [0.25, 0.3) is 22.4 Å². The van der Waals surface area contributed by atoms with Gasteiger partial charge in [-0.15, -0.1) is 0 Å². The van der Waals surface area contributed by atoms with Crippen LogP contribution in [0.1, 0.15) is 18.1 Å². The summed E-state index contributed by atoms with van der Waals surface area (Å²) in [6.07, 6.45) is 0. The number of hydrogen-bond donors (Lipinski definition) is 1. The van der Waals surface area contributed by atoms with E-state index in [2.05, 4.69) is 49.3 Å². The van der Waals surface area contributed by atoms with E-state index < -0.39 is 0 Å². The highest BCUT2D eigenvalue weighted by Gasteiger charge is 2.14. The summed E-state index contributed by atoms with van der Waals surface area (Å²) in [7, 11) is 0. The van der Waals surface area contributed by atoms with Crippen molar-refractivity contribution in [2.45, 2.75) is 27.3 Å². The number of hydrogen-bond acceptors (Lipinski definition) is 2. The van der Waals surface area contributed by atoms with Crippen LogP contribution < -0.4 is 5.73 Å². The molecule has 0 bridgehead atoms. The average Bonchev–Trinajstić information content (AvgIpc) is 2.82. The fourth-order valence-corrected chi connectivity index (χ4v) is 2.70. The Morgan fingerprint density at radius 2 is 1.95 bits per heavy atom. The highest BCUT2D eigenvalue weighted by molar-refractivity contribution is 5.90. The molecule has 3 rings (SSSR count). The van der Waals surface area contributed by atoms with E-state index in [9.17, 15) is 0 Å². The van der Waals surface area contributed by atoms with Gasteiger partial charge in [-0.25, -0.2) is 4.98 Å². The van der Waals surface area contributed by atoms with E-state index in [0.29, 0.717) is 5.69 Å². The lowest BCUT2D eigenvalue weighted by Crippen LogP contribution is -2.01. The minimum Gasteiger partial charge on any atom is -0.397 e. The standard InChI is InChI=1S/C19H21N3/c1-12(2)11-22-17-7-5-6-16(20)18(17)21-19(22)15-9-8-13(3)14(4)10-15/h5-10H,1,11,20H2,2-4H3. The van der Waals surface area contributed by atoms with Crippen molar-refractivity contribution in [1.82, 2.24) is 9.55 Å². The number of para-hydroxylation sites is 1. The first-order valence-corrected chi connectivity index (χ1v) is 7.44. The molecule has 0 unspecified atom stereocenters. The molecular weight excluding hydrogens is 270 g/mol. The normalized spacial score (nSPS) is 11.0. The van der Waals surface area contributed by atoms with E-state index >= 15 is 0 Å². The minimum absolute atomic E-state index is 0.711. The number of anilines is 1. The molecule has 112 valence electrons. The molecule has 0 atom stereocenters. The van der Waals surface area contributed by atoms with Crippen LogP contribution in [-0.2, 0) is 6.54 Å². The first-order valence-electron chi connectivity index (χ1n) is 7.44. The summed E-state index contributed by atoms with van der Waals surface area (Å²) >= 11 is 0. The second-order valence-electron chi connectivity index (χ2n) is 5.99. The summed E-state index contributed by atoms with van der Waals surface area (Å²) in [6.45, 7) is 11.1. The molecule has 22 heavy (non-hydrogen) atoms. The molecule has 3 aromatic rings. The molecule has 0 spiro atoms. The largest absolute Gasteiger partial charge is 0.397 e. The van der Waals surface area contributed by atoms with Crippen molar-refractivity contribution in [3.05, 3.63) is 59.7 Å². The van der Waals surface area contributed by atoms with Crippen LogP contribution in [0.3, 0.4) is 0 Å². The van der Waals surface area contributed by atoms with Gasteiger partial charge in [0.05, 0.1) is 11.2 Å². The van der Waals surface area contributed by atoms with E-state index in [1.807, 2.05) is 19.1 Å². The van der Waals surface area contributed by atoms with Crippen LogP contribution in [0, 0.1) is 13.8 Å². The van der Waals surface area contributed by atoms with Gasteiger partial charge in [0.2, 0.25) is 0 Å². The molecule has 0 saturated heterocycles. The molecule has 0 radical (unpaired) electrons. The van der Waals surface area contributed by atoms with E-state index in [0.717, 1.165) is 34.5 Å². The molecule has 0 aliphatic carbocycles. The molecule has 0 aliphatic rings. The molecule has 2 N–H and O–H groups in total.